The number of hydrogen-bond acceptors (Lipinski definition) is 2. The smallest absolute Gasteiger partial charge is 0.0754 e. The molecule has 0 saturated carbocycles. The van der Waals surface area contributed by atoms with Crippen molar-refractivity contribution >= 4 is 0 Å². The third kappa shape index (κ3) is 4.29. The minimum absolute atomic E-state index is 0.101. The van der Waals surface area contributed by atoms with Crippen molar-refractivity contribution in [1.29, 1.82) is 0 Å². The van der Waals surface area contributed by atoms with E-state index in [4.69, 9.17) is 0 Å². The van der Waals surface area contributed by atoms with Gasteiger partial charge < -0.3 is 10.4 Å². The second-order valence-corrected chi connectivity index (χ2v) is 8.76. The van der Waals surface area contributed by atoms with Crippen molar-refractivity contribution in [3.63, 3.8) is 0 Å². The van der Waals surface area contributed by atoms with Crippen molar-refractivity contribution in [2.24, 2.45) is 11.8 Å². The molecule has 2 nitrogen and oxygen atoms in total. The lowest BCUT2D eigenvalue weighted by Crippen LogP contribution is -2.56. The topological polar surface area (TPSA) is 32.3 Å². The molecule has 1 fully saturated rings. The van der Waals surface area contributed by atoms with E-state index in [9.17, 15) is 5.11 Å². The Morgan fingerprint density at radius 1 is 0.828 bits per heavy atom. The summed E-state index contributed by atoms with van der Waals surface area (Å²) in [5.41, 5.74) is 2.89. The lowest BCUT2D eigenvalue weighted by molar-refractivity contribution is -0.0920. The molecule has 4 rings (SSSR count). The molecule has 0 aromatic heterocycles. The van der Waals surface area contributed by atoms with Gasteiger partial charge in [0.25, 0.3) is 0 Å². The molecule has 0 amide bonds. The van der Waals surface area contributed by atoms with Gasteiger partial charge in [-0.05, 0) is 29.0 Å². The van der Waals surface area contributed by atoms with Crippen LogP contribution in [0.3, 0.4) is 0 Å². The molecule has 3 aromatic carbocycles. The van der Waals surface area contributed by atoms with Crippen LogP contribution in [0, 0.1) is 11.8 Å². The summed E-state index contributed by atoms with van der Waals surface area (Å²) >= 11 is 0. The first-order chi connectivity index (χ1) is 14.1. The molecule has 1 saturated heterocycles. The van der Waals surface area contributed by atoms with Crippen molar-refractivity contribution in [2.75, 3.05) is 0 Å². The number of rotatable bonds is 5. The second kappa shape index (κ2) is 8.52. The standard InChI is InChI=1S/C27H31NO/c1-20(2)25-26(23-16-10-5-11-17-23)28-24(22-14-8-4-9-15-22)19-27(25,29)18-21-12-6-3-7-13-21/h3-17,20,24-26,28-29H,18-19H2,1-2H3. The van der Waals surface area contributed by atoms with Crippen LogP contribution < -0.4 is 5.32 Å². The second-order valence-electron chi connectivity index (χ2n) is 8.76. The van der Waals surface area contributed by atoms with Crippen LogP contribution in [0.2, 0.25) is 0 Å². The van der Waals surface area contributed by atoms with Gasteiger partial charge in [-0.3, -0.25) is 0 Å². The van der Waals surface area contributed by atoms with E-state index in [-0.39, 0.29) is 18.0 Å². The number of aliphatic hydroxyl groups is 1. The predicted octanol–water partition coefficient (Wildman–Crippen LogP) is 5.71. The lowest BCUT2D eigenvalue weighted by atomic mass is 9.64. The van der Waals surface area contributed by atoms with E-state index in [0.29, 0.717) is 18.8 Å². The van der Waals surface area contributed by atoms with E-state index in [2.05, 4.69) is 98.0 Å². The first kappa shape index (κ1) is 19.9. The van der Waals surface area contributed by atoms with Crippen LogP contribution in [0.4, 0.5) is 0 Å². The van der Waals surface area contributed by atoms with E-state index in [1.165, 1.54) is 16.7 Å². The molecule has 2 N–H and O–H groups in total. The van der Waals surface area contributed by atoms with Crippen molar-refractivity contribution in [3.8, 4) is 0 Å². The van der Waals surface area contributed by atoms with Gasteiger partial charge in [0.15, 0.2) is 0 Å². The van der Waals surface area contributed by atoms with Crippen LogP contribution in [0.1, 0.15) is 49.0 Å². The van der Waals surface area contributed by atoms with Gasteiger partial charge in [0.1, 0.15) is 0 Å². The number of benzene rings is 3. The van der Waals surface area contributed by atoms with E-state index < -0.39 is 5.60 Å². The maximum Gasteiger partial charge on any atom is 0.0754 e. The number of hydrogen-bond donors (Lipinski definition) is 2. The lowest BCUT2D eigenvalue weighted by Gasteiger charge is -2.51. The Kier molecular flexibility index (Phi) is 5.84. The van der Waals surface area contributed by atoms with E-state index >= 15 is 0 Å². The fourth-order valence-electron chi connectivity index (χ4n) is 5.19. The van der Waals surface area contributed by atoms with Crippen LogP contribution in [-0.4, -0.2) is 10.7 Å². The van der Waals surface area contributed by atoms with E-state index in [1.807, 2.05) is 12.1 Å². The zero-order valence-corrected chi connectivity index (χ0v) is 17.3. The van der Waals surface area contributed by atoms with Gasteiger partial charge in [-0.25, -0.2) is 0 Å². The summed E-state index contributed by atoms with van der Waals surface area (Å²) in [5.74, 6) is 0.461. The molecule has 0 bridgehead atoms. The zero-order valence-electron chi connectivity index (χ0n) is 17.3. The minimum Gasteiger partial charge on any atom is -0.389 e. The number of nitrogens with one attached hydrogen (secondary N) is 1. The first-order valence-corrected chi connectivity index (χ1v) is 10.7. The molecule has 0 spiro atoms. The predicted molar refractivity (Wildman–Crippen MR) is 120 cm³/mol. The van der Waals surface area contributed by atoms with Gasteiger partial charge in [0.2, 0.25) is 0 Å². The SMILES string of the molecule is CC(C)C1C(c2ccccc2)NC(c2ccccc2)CC1(O)Cc1ccccc1. The van der Waals surface area contributed by atoms with E-state index in [1.54, 1.807) is 0 Å². The molecular weight excluding hydrogens is 354 g/mol. The Bertz CT molecular complexity index is 894. The van der Waals surface area contributed by atoms with Crippen LogP contribution in [0.25, 0.3) is 0 Å². The van der Waals surface area contributed by atoms with Crippen LogP contribution in [0.15, 0.2) is 91.0 Å². The maximum atomic E-state index is 12.2. The summed E-state index contributed by atoms with van der Waals surface area (Å²) in [6.07, 6.45) is 1.38. The Balaban J connectivity index is 1.77. The monoisotopic (exact) mass is 385 g/mol. The summed E-state index contributed by atoms with van der Waals surface area (Å²) in [4.78, 5) is 0. The molecular formula is C27H31NO. The summed E-state index contributed by atoms with van der Waals surface area (Å²) in [6, 6.07) is 31.8. The largest absolute Gasteiger partial charge is 0.389 e. The minimum atomic E-state index is -0.790. The molecule has 0 radical (unpaired) electrons. The summed E-state index contributed by atoms with van der Waals surface area (Å²) in [7, 11) is 0. The molecule has 29 heavy (non-hydrogen) atoms. The Morgan fingerprint density at radius 3 is 1.90 bits per heavy atom. The molecule has 150 valence electrons. The molecule has 1 heterocycles. The highest BCUT2D eigenvalue weighted by Gasteiger charge is 2.49. The van der Waals surface area contributed by atoms with Gasteiger partial charge in [-0.2, -0.15) is 0 Å². The third-order valence-electron chi connectivity index (χ3n) is 6.35. The highest BCUT2D eigenvalue weighted by Crippen LogP contribution is 2.47. The molecule has 1 aliphatic rings. The van der Waals surface area contributed by atoms with Gasteiger partial charge >= 0.3 is 0 Å². The average molecular weight is 386 g/mol. The third-order valence-corrected chi connectivity index (χ3v) is 6.35. The van der Waals surface area contributed by atoms with Gasteiger partial charge in [-0.15, -0.1) is 0 Å². The normalized spacial score (nSPS) is 27.1. The first-order valence-electron chi connectivity index (χ1n) is 10.7. The van der Waals surface area contributed by atoms with Crippen molar-refractivity contribution < 1.29 is 5.11 Å². The highest BCUT2D eigenvalue weighted by atomic mass is 16.3. The molecule has 0 aliphatic carbocycles. The molecule has 2 heteroatoms. The molecule has 4 atom stereocenters. The molecule has 1 aliphatic heterocycles. The van der Waals surface area contributed by atoms with Gasteiger partial charge in [0, 0.05) is 24.4 Å². The zero-order chi connectivity index (χ0) is 20.3. The van der Waals surface area contributed by atoms with Crippen molar-refractivity contribution in [2.45, 2.75) is 44.4 Å². The Hall–Kier alpha value is -2.42. The Morgan fingerprint density at radius 2 is 1.34 bits per heavy atom. The quantitative estimate of drug-likeness (QED) is 0.590. The van der Waals surface area contributed by atoms with Gasteiger partial charge in [-0.1, -0.05) is 105 Å². The molecule has 3 aromatic rings. The fraction of sp³-hybridized carbons (Fsp3) is 0.333. The fourth-order valence-corrected chi connectivity index (χ4v) is 5.19. The van der Waals surface area contributed by atoms with Crippen LogP contribution in [-0.2, 0) is 6.42 Å². The van der Waals surface area contributed by atoms with E-state index in [0.717, 1.165) is 0 Å². The van der Waals surface area contributed by atoms with Crippen molar-refractivity contribution in [1.82, 2.24) is 5.32 Å². The van der Waals surface area contributed by atoms with Crippen molar-refractivity contribution in [3.05, 3.63) is 108 Å². The maximum absolute atomic E-state index is 12.2. The van der Waals surface area contributed by atoms with Crippen LogP contribution >= 0.6 is 0 Å². The summed E-state index contributed by atoms with van der Waals surface area (Å²) in [5, 5.41) is 16.1. The van der Waals surface area contributed by atoms with Crippen LogP contribution in [0.5, 0.6) is 0 Å². The number of piperidine rings is 1. The summed E-state index contributed by atoms with van der Waals surface area (Å²) in [6.45, 7) is 4.47. The highest BCUT2D eigenvalue weighted by molar-refractivity contribution is 5.29. The molecule has 4 unspecified atom stereocenters. The Labute approximate surface area is 174 Å². The average Bonchev–Trinajstić information content (AvgIpc) is 2.74. The van der Waals surface area contributed by atoms with Gasteiger partial charge in [0.05, 0.1) is 5.60 Å². The summed E-state index contributed by atoms with van der Waals surface area (Å²) < 4.78 is 0.